The Kier molecular flexibility index (Phi) is 4.49. The maximum absolute atomic E-state index is 3.63. The molecular formula is C14H16. The second kappa shape index (κ2) is 5.98. The first kappa shape index (κ1) is 10.5. The minimum atomic E-state index is 1.02. The maximum atomic E-state index is 3.63. The second-order valence-electron chi connectivity index (χ2n) is 3.30. The highest BCUT2D eigenvalue weighted by Crippen LogP contribution is 2.06. The molecule has 0 unspecified atom stereocenters. The van der Waals surface area contributed by atoms with Gasteiger partial charge in [-0.25, -0.2) is 0 Å². The maximum Gasteiger partial charge on any atom is -0.00668 e. The van der Waals surface area contributed by atoms with Crippen LogP contribution >= 0.6 is 0 Å². The van der Waals surface area contributed by atoms with E-state index in [2.05, 4.69) is 43.8 Å². The molecule has 0 fully saturated rings. The first-order chi connectivity index (χ1) is 6.83. The zero-order valence-electron chi connectivity index (χ0n) is 8.61. The standard InChI is InChI=1S/C14H16/c1-3-4-6-9-13(2)12-14-10-7-5-8-11-14/h3-11H,1,12H2,2H3/b6-4-,13-9-. The van der Waals surface area contributed by atoms with Crippen LogP contribution in [0, 0.1) is 0 Å². The van der Waals surface area contributed by atoms with E-state index in [0.29, 0.717) is 0 Å². The van der Waals surface area contributed by atoms with Crippen LogP contribution in [0.15, 0.2) is 66.8 Å². The first-order valence-electron chi connectivity index (χ1n) is 4.81. The SMILES string of the molecule is C=C/C=C\C=C(\C)Cc1ccccc1. The van der Waals surface area contributed by atoms with E-state index < -0.39 is 0 Å². The fourth-order valence-electron chi connectivity index (χ4n) is 1.28. The summed E-state index contributed by atoms with van der Waals surface area (Å²) in [6.45, 7) is 5.76. The lowest BCUT2D eigenvalue weighted by molar-refractivity contribution is 1.14. The van der Waals surface area contributed by atoms with Crippen LogP contribution < -0.4 is 0 Å². The highest BCUT2D eigenvalue weighted by Gasteiger charge is 1.91. The lowest BCUT2D eigenvalue weighted by Crippen LogP contribution is -1.84. The van der Waals surface area contributed by atoms with Gasteiger partial charge in [-0.3, -0.25) is 0 Å². The molecule has 1 aromatic carbocycles. The number of rotatable bonds is 4. The molecule has 72 valence electrons. The van der Waals surface area contributed by atoms with E-state index in [-0.39, 0.29) is 0 Å². The highest BCUT2D eigenvalue weighted by molar-refractivity contribution is 5.23. The molecule has 0 N–H and O–H groups in total. The summed E-state index contributed by atoms with van der Waals surface area (Å²) < 4.78 is 0. The van der Waals surface area contributed by atoms with Crippen molar-refractivity contribution in [2.24, 2.45) is 0 Å². The summed E-state index contributed by atoms with van der Waals surface area (Å²) in [4.78, 5) is 0. The lowest BCUT2D eigenvalue weighted by Gasteiger charge is -1.99. The molecule has 0 amide bonds. The molecule has 0 aliphatic heterocycles. The van der Waals surface area contributed by atoms with Gasteiger partial charge < -0.3 is 0 Å². The summed E-state index contributed by atoms with van der Waals surface area (Å²) in [7, 11) is 0. The van der Waals surface area contributed by atoms with E-state index in [9.17, 15) is 0 Å². The van der Waals surface area contributed by atoms with E-state index in [1.54, 1.807) is 6.08 Å². The number of benzene rings is 1. The number of allylic oxidation sites excluding steroid dienone is 5. The summed E-state index contributed by atoms with van der Waals surface area (Å²) in [6, 6.07) is 10.5. The summed E-state index contributed by atoms with van der Waals surface area (Å²) in [5, 5.41) is 0. The normalized spacial score (nSPS) is 11.9. The van der Waals surface area contributed by atoms with Crippen LogP contribution in [0.25, 0.3) is 0 Å². The van der Waals surface area contributed by atoms with Gasteiger partial charge >= 0.3 is 0 Å². The van der Waals surface area contributed by atoms with Gasteiger partial charge in [0, 0.05) is 0 Å². The summed E-state index contributed by atoms with van der Waals surface area (Å²) in [5.74, 6) is 0. The molecule has 0 spiro atoms. The van der Waals surface area contributed by atoms with Crippen LogP contribution in [0.2, 0.25) is 0 Å². The Morgan fingerprint density at radius 2 is 1.93 bits per heavy atom. The van der Waals surface area contributed by atoms with Gasteiger partial charge in [0.1, 0.15) is 0 Å². The van der Waals surface area contributed by atoms with Crippen molar-refractivity contribution in [1.29, 1.82) is 0 Å². The van der Waals surface area contributed by atoms with Crippen LogP contribution in [0.4, 0.5) is 0 Å². The lowest BCUT2D eigenvalue weighted by atomic mass is 10.1. The van der Waals surface area contributed by atoms with Crippen LogP contribution in [0.1, 0.15) is 12.5 Å². The average molecular weight is 184 g/mol. The fourth-order valence-corrected chi connectivity index (χ4v) is 1.28. The van der Waals surface area contributed by atoms with Crippen molar-refractivity contribution in [3.05, 3.63) is 72.4 Å². The van der Waals surface area contributed by atoms with Gasteiger partial charge in [-0.1, -0.05) is 66.8 Å². The Hall–Kier alpha value is -1.56. The molecule has 0 heterocycles. The van der Waals surface area contributed by atoms with Crippen LogP contribution in [0.5, 0.6) is 0 Å². The van der Waals surface area contributed by atoms with Crippen molar-refractivity contribution in [1.82, 2.24) is 0 Å². The molecular weight excluding hydrogens is 168 g/mol. The van der Waals surface area contributed by atoms with Gasteiger partial charge in [-0.2, -0.15) is 0 Å². The van der Waals surface area contributed by atoms with Crippen LogP contribution in [-0.2, 0) is 6.42 Å². The molecule has 0 aliphatic carbocycles. The van der Waals surface area contributed by atoms with Crippen molar-refractivity contribution in [3.8, 4) is 0 Å². The smallest absolute Gasteiger partial charge is 0.00668 e. The molecule has 0 aliphatic rings. The van der Waals surface area contributed by atoms with Gasteiger partial charge in [-0.15, -0.1) is 0 Å². The summed E-state index contributed by atoms with van der Waals surface area (Å²) in [5.41, 5.74) is 2.71. The molecule has 0 saturated heterocycles. The van der Waals surface area contributed by atoms with Crippen molar-refractivity contribution in [2.75, 3.05) is 0 Å². The third kappa shape index (κ3) is 3.90. The molecule has 0 bridgehead atoms. The van der Waals surface area contributed by atoms with E-state index in [0.717, 1.165) is 6.42 Å². The Bertz CT molecular complexity index is 328. The first-order valence-corrected chi connectivity index (χ1v) is 4.81. The zero-order valence-corrected chi connectivity index (χ0v) is 8.61. The quantitative estimate of drug-likeness (QED) is 0.622. The van der Waals surface area contributed by atoms with E-state index in [4.69, 9.17) is 0 Å². The molecule has 0 nitrogen and oxygen atoms in total. The van der Waals surface area contributed by atoms with Crippen molar-refractivity contribution in [3.63, 3.8) is 0 Å². The Morgan fingerprint density at radius 1 is 1.21 bits per heavy atom. The summed E-state index contributed by atoms with van der Waals surface area (Å²) in [6.07, 6.45) is 8.88. The van der Waals surface area contributed by atoms with Gasteiger partial charge in [-0.05, 0) is 18.9 Å². The summed E-state index contributed by atoms with van der Waals surface area (Å²) >= 11 is 0. The largest absolute Gasteiger partial charge is 0.0991 e. The van der Waals surface area contributed by atoms with Gasteiger partial charge in [0.2, 0.25) is 0 Å². The third-order valence-electron chi connectivity index (χ3n) is 1.95. The number of hydrogen-bond donors (Lipinski definition) is 0. The fraction of sp³-hybridized carbons (Fsp3) is 0.143. The molecule has 0 saturated carbocycles. The van der Waals surface area contributed by atoms with Gasteiger partial charge in [0.05, 0.1) is 0 Å². The average Bonchev–Trinajstić information content (AvgIpc) is 2.20. The molecule has 0 aromatic heterocycles. The predicted octanol–water partition coefficient (Wildman–Crippen LogP) is 3.92. The van der Waals surface area contributed by atoms with E-state index >= 15 is 0 Å². The van der Waals surface area contributed by atoms with E-state index in [1.165, 1.54) is 11.1 Å². The van der Waals surface area contributed by atoms with Crippen LogP contribution in [0.3, 0.4) is 0 Å². The van der Waals surface area contributed by atoms with Gasteiger partial charge in [0.15, 0.2) is 0 Å². The van der Waals surface area contributed by atoms with Crippen molar-refractivity contribution < 1.29 is 0 Å². The Morgan fingerprint density at radius 3 is 2.57 bits per heavy atom. The molecule has 1 rings (SSSR count). The van der Waals surface area contributed by atoms with Crippen molar-refractivity contribution in [2.45, 2.75) is 13.3 Å². The molecule has 1 aromatic rings. The highest BCUT2D eigenvalue weighted by atomic mass is 14.0. The van der Waals surface area contributed by atoms with E-state index in [1.807, 2.05) is 18.2 Å². The number of hydrogen-bond acceptors (Lipinski definition) is 0. The minimum absolute atomic E-state index is 1.02. The van der Waals surface area contributed by atoms with Crippen LogP contribution in [-0.4, -0.2) is 0 Å². The van der Waals surface area contributed by atoms with Gasteiger partial charge in [0.25, 0.3) is 0 Å². The second-order valence-corrected chi connectivity index (χ2v) is 3.30. The molecule has 0 heteroatoms. The Balaban J connectivity index is 2.57. The van der Waals surface area contributed by atoms with Crippen molar-refractivity contribution >= 4 is 0 Å². The molecule has 14 heavy (non-hydrogen) atoms. The monoisotopic (exact) mass is 184 g/mol. The molecule has 0 atom stereocenters. The minimum Gasteiger partial charge on any atom is -0.0991 e. The third-order valence-corrected chi connectivity index (χ3v) is 1.95. The Labute approximate surface area is 86.3 Å². The topological polar surface area (TPSA) is 0 Å². The predicted molar refractivity (Wildman–Crippen MR) is 63.2 cm³/mol. The zero-order chi connectivity index (χ0) is 10.2. The molecule has 0 radical (unpaired) electrons.